The number of hydrogen-bond donors (Lipinski definition) is 1. The largest absolute Gasteiger partial charge is 0.497 e. The van der Waals surface area contributed by atoms with E-state index < -0.39 is 16.1 Å². The van der Waals surface area contributed by atoms with Gasteiger partial charge >= 0.3 is 0 Å². The van der Waals surface area contributed by atoms with Crippen molar-refractivity contribution in [1.82, 2.24) is 5.32 Å². The Bertz CT molecular complexity index is 928. The molecule has 0 aliphatic carbocycles. The zero-order chi connectivity index (χ0) is 21.6. The second-order valence-electron chi connectivity index (χ2n) is 6.69. The van der Waals surface area contributed by atoms with E-state index in [4.69, 9.17) is 9.47 Å². The van der Waals surface area contributed by atoms with Gasteiger partial charge in [-0.3, -0.25) is 9.10 Å². The van der Waals surface area contributed by atoms with Gasteiger partial charge in [-0.1, -0.05) is 25.1 Å². The van der Waals surface area contributed by atoms with Crippen LogP contribution in [0.1, 0.15) is 31.9 Å². The van der Waals surface area contributed by atoms with E-state index in [2.05, 4.69) is 5.32 Å². The molecule has 0 saturated heterocycles. The molecule has 0 spiro atoms. The smallest absolute Gasteiger partial charge is 0.244 e. The number of carbonyl (C=O) groups excluding carboxylic acids is 1. The highest BCUT2D eigenvalue weighted by Crippen LogP contribution is 2.27. The van der Waals surface area contributed by atoms with Gasteiger partial charge in [-0.2, -0.15) is 0 Å². The predicted molar refractivity (Wildman–Crippen MR) is 114 cm³/mol. The fourth-order valence-corrected chi connectivity index (χ4v) is 4.30. The molecule has 158 valence electrons. The molecule has 0 aliphatic rings. The van der Waals surface area contributed by atoms with Gasteiger partial charge < -0.3 is 14.8 Å². The van der Waals surface area contributed by atoms with Crippen molar-refractivity contribution in [2.24, 2.45) is 0 Å². The van der Waals surface area contributed by atoms with Gasteiger partial charge in [0, 0.05) is 6.07 Å². The van der Waals surface area contributed by atoms with Gasteiger partial charge in [0.1, 0.15) is 17.5 Å². The van der Waals surface area contributed by atoms with E-state index in [-0.39, 0.29) is 11.9 Å². The van der Waals surface area contributed by atoms with Crippen LogP contribution in [0.4, 0.5) is 5.69 Å². The number of methoxy groups -OCH3 is 2. The Hall–Kier alpha value is -2.74. The maximum Gasteiger partial charge on any atom is 0.244 e. The van der Waals surface area contributed by atoms with Crippen molar-refractivity contribution in [1.29, 1.82) is 0 Å². The summed E-state index contributed by atoms with van der Waals surface area (Å²) in [5.41, 5.74) is 1.27. The van der Waals surface area contributed by atoms with Gasteiger partial charge in [0.2, 0.25) is 15.9 Å². The second-order valence-corrected chi connectivity index (χ2v) is 8.55. The monoisotopic (exact) mass is 420 g/mol. The van der Waals surface area contributed by atoms with Gasteiger partial charge in [-0.05, 0) is 43.2 Å². The average molecular weight is 421 g/mol. The molecule has 8 heteroatoms. The van der Waals surface area contributed by atoms with E-state index in [0.29, 0.717) is 17.9 Å². The fourth-order valence-electron chi connectivity index (χ4n) is 3.09. The molecule has 2 aromatic rings. The number of rotatable bonds is 9. The lowest BCUT2D eigenvalue weighted by atomic mass is 10.1. The van der Waals surface area contributed by atoms with E-state index >= 15 is 0 Å². The van der Waals surface area contributed by atoms with E-state index in [9.17, 15) is 13.2 Å². The Kier molecular flexibility index (Phi) is 7.50. The maximum absolute atomic E-state index is 13.0. The van der Waals surface area contributed by atoms with Crippen LogP contribution in [0.5, 0.6) is 11.5 Å². The summed E-state index contributed by atoms with van der Waals surface area (Å²) < 4.78 is 36.6. The topological polar surface area (TPSA) is 84.9 Å². The summed E-state index contributed by atoms with van der Waals surface area (Å²) in [5.74, 6) is 0.863. The van der Waals surface area contributed by atoms with Crippen LogP contribution in [-0.2, 0) is 14.8 Å². The van der Waals surface area contributed by atoms with Crippen LogP contribution in [0.25, 0.3) is 0 Å². The molecule has 0 fully saturated rings. The van der Waals surface area contributed by atoms with Gasteiger partial charge in [0.05, 0.1) is 32.2 Å². The molecule has 0 aliphatic heterocycles. The van der Waals surface area contributed by atoms with E-state index in [0.717, 1.165) is 21.9 Å². The summed E-state index contributed by atoms with van der Waals surface area (Å²) >= 11 is 0. The zero-order valence-electron chi connectivity index (χ0n) is 17.4. The number of amides is 1. The summed E-state index contributed by atoms with van der Waals surface area (Å²) in [6, 6.07) is 12.8. The number of benzene rings is 2. The van der Waals surface area contributed by atoms with Crippen molar-refractivity contribution >= 4 is 21.6 Å². The Morgan fingerprint density at radius 2 is 1.69 bits per heavy atom. The first-order valence-corrected chi connectivity index (χ1v) is 11.1. The Morgan fingerprint density at radius 3 is 2.21 bits per heavy atom. The lowest BCUT2D eigenvalue weighted by Gasteiger charge is -2.31. The lowest BCUT2D eigenvalue weighted by Crippen LogP contribution is -2.49. The van der Waals surface area contributed by atoms with Crippen LogP contribution >= 0.6 is 0 Å². The molecule has 0 bridgehead atoms. The number of hydrogen-bond acceptors (Lipinski definition) is 5. The number of nitrogens with one attached hydrogen (secondary N) is 1. The van der Waals surface area contributed by atoms with E-state index in [1.165, 1.54) is 7.11 Å². The summed E-state index contributed by atoms with van der Waals surface area (Å²) in [7, 11) is -0.616. The minimum atomic E-state index is -3.71. The highest BCUT2D eigenvalue weighted by atomic mass is 32.2. The molecule has 2 aromatic carbocycles. The minimum absolute atomic E-state index is 0.297. The Morgan fingerprint density at radius 1 is 1.07 bits per heavy atom. The fraction of sp³-hybridized carbons (Fsp3) is 0.381. The summed E-state index contributed by atoms with van der Waals surface area (Å²) in [5, 5.41) is 2.92. The van der Waals surface area contributed by atoms with Gasteiger partial charge in [0.15, 0.2) is 0 Å². The molecule has 1 N–H and O–H groups in total. The molecule has 0 saturated carbocycles. The lowest BCUT2D eigenvalue weighted by molar-refractivity contribution is -0.122. The number of anilines is 1. The van der Waals surface area contributed by atoms with Crippen LogP contribution in [0, 0.1) is 0 Å². The molecule has 7 nitrogen and oxygen atoms in total. The molecular formula is C21H28N2O5S. The van der Waals surface area contributed by atoms with Crippen molar-refractivity contribution in [3.05, 3.63) is 54.1 Å². The first kappa shape index (κ1) is 22.5. The first-order chi connectivity index (χ1) is 13.7. The number of sulfonamides is 1. The zero-order valence-corrected chi connectivity index (χ0v) is 18.2. The summed E-state index contributed by atoms with van der Waals surface area (Å²) in [6.45, 7) is 3.63. The van der Waals surface area contributed by atoms with Gasteiger partial charge in [-0.25, -0.2) is 8.42 Å². The van der Waals surface area contributed by atoms with Crippen LogP contribution in [-0.4, -0.2) is 40.8 Å². The summed E-state index contributed by atoms with van der Waals surface area (Å²) in [6.07, 6.45) is 1.40. The van der Waals surface area contributed by atoms with Crippen LogP contribution in [0.2, 0.25) is 0 Å². The molecule has 1 amide bonds. The van der Waals surface area contributed by atoms with Gasteiger partial charge in [0.25, 0.3) is 0 Å². The molecular weight excluding hydrogens is 392 g/mol. The van der Waals surface area contributed by atoms with Crippen LogP contribution < -0.4 is 19.1 Å². The third kappa shape index (κ3) is 5.63. The molecule has 29 heavy (non-hydrogen) atoms. The molecule has 0 heterocycles. The number of ether oxygens (including phenoxy) is 2. The van der Waals surface area contributed by atoms with Gasteiger partial charge in [-0.15, -0.1) is 0 Å². The number of carbonyl (C=O) groups is 1. The highest BCUT2D eigenvalue weighted by Gasteiger charge is 2.32. The molecule has 2 rings (SSSR count). The molecule has 0 radical (unpaired) electrons. The second kappa shape index (κ2) is 9.65. The van der Waals surface area contributed by atoms with Crippen LogP contribution in [0.15, 0.2) is 48.5 Å². The average Bonchev–Trinajstić information content (AvgIpc) is 2.70. The van der Waals surface area contributed by atoms with Crippen molar-refractivity contribution in [2.45, 2.75) is 32.4 Å². The van der Waals surface area contributed by atoms with Crippen molar-refractivity contribution in [3.8, 4) is 11.5 Å². The highest BCUT2D eigenvalue weighted by molar-refractivity contribution is 7.92. The molecule has 0 unspecified atom stereocenters. The minimum Gasteiger partial charge on any atom is -0.497 e. The first-order valence-electron chi connectivity index (χ1n) is 9.29. The predicted octanol–water partition coefficient (Wildman–Crippen LogP) is 3.13. The van der Waals surface area contributed by atoms with E-state index in [1.807, 2.05) is 31.2 Å². The number of nitrogens with zero attached hydrogens (tertiary/aromatic N) is 1. The van der Waals surface area contributed by atoms with Crippen molar-refractivity contribution in [3.63, 3.8) is 0 Å². The Balaban J connectivity index is 2.29. The van der Waals surface area contributed by atoms with E-state index in [1.54, 1.807) is 38.3 Å². The molecule has 0 aromatic heterocycles. The Labute approximate surface area is 172 Å². The maximum atomic E-state index is 13.0. The SMILES string of the molecule is CC[C@@H](C(=O)N[C@H](C)c1ccc(OC)cc1)N(c1cccc(OC)c1)S(C)(=O)=O. The van der Waals surface area contributed by atoms with Crippen LogP contribution in [0.3, 0.4) is 0 Å². The quantitative estimate of drug-likeness (QED) is 0.674. The van der Waals surface area contributed by atoms with Crippen molar-refractivity contribution in [2.75, 3.05) is 24.8 Å². The normalized spacial score (nSPS) is 13.3. The summed E-state index contributed by atoms with van der Waals surface area (Å²) in [4.78, 5) is 13.0. The third-order valence-corrected chi connectivity index (χ3v) is 5.79. The molecule has 2 atom stereocenters. The standard InChI is InChI=1S/C21H28N2O5S/c1-6-20(21(24)22-15(2)16-10-12-18(27-3)13-11-16)23(29(5,25)26)17-8-7-9-19(14-17)28-4/h7-15,20H,6H2,1-5H3,(H,22,24)/t15-,20+/m1/s1. The third-order valence-electron chi connectivity index (χ3n) is 4.61. The van der Waals surface area contributed by atoms with Crippen molar-refractivity contribution < 1.29 is 22.7 Å².